The Morgan fingerprint density at radius 1 is 1.27 bits per heavy atom. The number of nitrogens with two attached hydrogens (primary N) is 1. The van der Waals surface area contributed by atoms with Crippen LogP contribution in [0.1, 0.15) is 10.7 Å². The van der Waals surface area contributed by atoms with Crippen molar-refractivity contribution in [2.45, 2.75) is 0 Å². The monoisotopic (exact) mass is 204 g/mol. The highest BCUT2D eigenvalue weighted by atomic mass is 16.4. The number of carbonyl (C=O) groups excluding carboxylic acids is 1. The molecule has 6 heteroatoms. The van der Waals surface area contributed by atoms with Crippen LogP contribution in [0.15, 0.2) is 34.7 Å². The Bertz CT molecular complexity index is 466. The second-order valence-electron chi connectivity index (χ2n) is 2.75. The maximum Gasteiger partial charge on any atom is 0.322 e. The lowest BCUT2D eigenvalue weighted by molar-refractivity contribution is 0.0919. The summed E-state index contributed by atoms with van der Waals surface area (Å²) < 4.78 is 5.11. The second kappa shape index (κ2) is 3.89. The number of hydrogen-bond donors (Lipinski definition) is 2. The number of rotatable bonds is 2. The zero-order chi connectivity index (χ0) is 10.7. The fourth-order valence-electron chi connectivity index (χ4n) is 1.07. The first-order valence-electron chi connectivity index (χ1n) is 4.21. The number of aromatic nitrogens is 2. The lowest BCUT2D eigenvalue weighted by atomic mass is 10.2. The van der Waals surface area contributed by atoms with Crippen molar-refractivity contribution in [1.29, 1.82) is 0 Å². The molecule has 1 aromatic carbocycles. The molecule has 0 spiro atoms. The number of amides is 1. The summed E-state index contributed by atoms with van der Waals surface area (Å²) in [6.07, 6.45) is 0. The van der Waals surface area contributed by atoms with Gasteiger partial charge in [0.25, 0.3) is 0 Å². The number of hydrogen-bond acceptors (Lipinski definition) is 5. The van der Waals surface area contributed by atoms with Crippen LogP contribution in [0.25, 0.3) is 11.5 Å². The van der Waals surface area contributed by atoms with Crippen molar-refractivity contribution in [3.63, 3.8) is 0 Å². The number of nitrogens with one attached hydrogen (secondary N) is 1. The first-order valence-corrected chi connectivity index (χ1v) is 4.21. The van der Waals surface area contributed by atoms with Crippen molar-refractivity contribution >= 4 is 5.91 Å². The SMILES string of the molecule is NNC(=O)c1nnc(-c2ccccc2)o1. The molecule has 0 unspecified atom stereocenters. The third-order valence-electron chi connectivity index (χ3n) is 1.77. The van der Waals surface area contributed by atoms with Gasteiger partial charge in [0.15, 0.2) is 0 Å². The highest BCUT2D eigenvalue weighted by Crippen LogP contribution is 2.16. The van der Waals surface area contributed by atoms with Crippen molar-refractivity contribution in [1.82, 2.24) is 15.6 Å². The van der Waals surface area contributed by atoms with Crippen molar-refractivity contribution in [3.05, 3.63) is 36.2 Å². The smallest absolute Gasteiger partial charge is 0.322 e. The fraction of sp³-hybridized carbons (Fsp3) is 0. The predicted molar refractivity (Wildman–Crippen MR) is 51.4 cm³/mol. The molecule has 0 saturated heterocycles. The van der Waals surface area contributed by atoms with E-state index in [1.54, 1.807) is 12.1 Å². The topological polar surface area (TPSA) is 94.0 Å². The predicted octanol–water partition coefficient (Wildman–Crippen LogP) is 0.340. The van der Waals surface area contributed by atoms with Gasteiger partial charge in [-0.3, -0.25) is 10.2 Å². The first-order chi connectivity index (χ1) is 7.31. The second-order valence-corrected chi connectivity index (χ2v) is 2.75. The van der Waals surface area contributed by atoms with E-state index >= 15 is 0 Å². The van der Waals surface area contributed by atoms with E-state index in [0.717, 1.165) is 5.56 Å². The summed E-state index contributed by atoms with van der Waals surface area (Å²) >= 11 is 0. The van der Waals surface area contributed by atoms with E-state index in [-0.39, 0.29) is 11.8 Å². The Kier molecular flexibility index (Phi) is 2.42. The van der Waals surface area contributed by atoms with E-state index in [1.807, 2.05) is 23.6 Å². The van der Waals surface area contributed by atoms with Gasteiger partial charge in [-0.1, -0.05) is 18.2 Å². The minimum absolute atomic E-state index is 0.156. The fourth-order valence-corrected chi connectivity index (χ4v) is 1.07. The lowest BCUT2D eigenvalue weighted by Gasteiger charge is -1.92. The molecule has 0 aliphatic heterocycles. The van der Waals surface area contributed by atoms with Gasteiger partial charge < -0.3 is 4.42 Å². The third-order valence-corrected chi connectivity index (χ3v) is 1.77. The van der Waals surface area contributed by atoms with Crippen LogP contribution in [-0.2, 0) is 0 Å². The summed E-state index contributed by atoms with van der Waals surface area (Å²) in [4.78, 5) is 11.0. The van der Waals surface area contributed by atoms with Crippen molar-refractivity contribution in [2.75, 3.05) is 0 Å². The molecule has 0 saturated carbocycles. The summed E-state index contributed by atoms with van der Waals surface area (Å²) in [6, 6.07) is 9.15. The van der Waals surface area contributed by atoms with Crippen LogP contribution in [0, 0.1) is 0 Å². The maximum atomic E-state index is 11.0. The van der Waals surface area contributed by atoms with Gasteiger partial charge in [-0.15, -0.1) is 10.2 Å². The van der Waals surface area contributed by atoms with E-state index in [2.05, 4.69) is 10.2 Å². The van der Waals surface area contributed by atoms with Gasteiger partial charge >= 0.3 is 11.8 Å². The molecule has 1 aromatic heterocycles. The Morgan fingerprint density at radius 2 is 2.00 bits per heavy atom. The molecule has 1 amide bonds. The molecule has 0 aliphatic rings. The highest BCUT2D eigenvalue weighted by Gasteiger charge is 2.13. The van der Waals surface area contributed by atoms with Gasteiger partial charge in [0, 0.05) is 5.56 Å². The molecule has 0 radical (unpaired) electrons. The Hall–Kier alpha value is -2.21. The van der Waals surface area contributed by atoms with E-state index in [4.69, 9.17) is 10.3 Å². The number of nitrogen functional groups attached to an aromatic ring is 1. The average Bonchev–Trinajstić information content (AvgIpc) is 2.78. The molecule has 15 heavy (non-hydrogen) atoms. The number of hydrazine groups is 1. The molecule has 1 heterocycles. The van der Waals surface area contributed by atoms with Crippen LogP contribution in [0.3, 0.4) is 0 Å². The number of carbonyl (C=O) groups is 1. The molecule has 0 aliphatic carbocycles. The summed E-state index contributed by atoms with van der Waals surface area (Å²) in [5.74, 6) is 4.45. The van der Waals surface area contributed by atoms with Crippen molar-refractivity contribution < 1.29 is 9.21 Å². The van der Waals surface area contributed by atoms with Crippen LogP contribution in [-0.4, -0.2) is 16.1 Å². The summed E-state index contributed by atoms with van der Waals surface area (Å²) in [7, 11) is 0. The van der Waals surface area contributed by atoms with Crippen LogP contribution in [0.5, 0.6) is 0 Å². The van der Waals surface area contributed by atoms with Crippen molar-refractivity contribution in [3.8, 4) is 11.5 Å². The van der Waals surface area contributed by atoms with Gasteiger partial charge in [-0.2, -0.15) is 0 Å². The Labute approximate surface area is 85.1 Å². The standard InChI is InChI=1S/C9H8N4O2/c10-11-7(14)9-13-12-8(15-9)6-4-2-1-3-5-6/h1-5H,10H2,(H,11,14). The van der Waals surface area contributed by atoms with E-state index in [1.165, 1.54) is 0 Å². The number of nitrogens with zero attached hydrogens (tertiary/aromatic N) is 2. The van der Waals surface area contributed by atoms with E-state index in [0.29, 0.717) is 0 Å². The summed E-state index contributed by atoms with van der Waals surface area (Å²) in [5.41, 5.74) is 2.66. The van der Waals surface area contributed by atoms with E-state index < -0.39 is 5.91 Å². The molecular formula is C9H8N4O2. The van der Waals surface area contributed by atoms with Crippen LogP contribution in [0.4, 0.5) is 0 Å². The molecular weight excluding hydrogens is 196 g/mol. The molecule has 2 aromatic rings. The maximum absolute atomic E-state index is 11.0. The quantitative estimate of drug-likeness (QED) is 0.418. The summed E-state index contributed by atoms with van der Waals surface area (Å²) in [6.45, 7) is 0. The number of benzene rings is 1. The largest absolute Gasteiger partial charge is 0.412 e. The normalized spacial score (nSPS) is 9.93. The van der Waals surface area contributed by atoms with Gasteiger partial charge in [0.2, 0.25) is 5.89 Å². The third kappa shape index (κ3) is 1.84. The highest BCUT2D eigenvalue weighted by molar-refractivity contribution is 5.89. The zero-order valence-corrected chi connectivity index (χ0v) is 7.68. The molecule has 76 valence electrons. The van der Waals surface area contributed by atoms with Gasteiger partial charge in [-0.05, 0) is 12.1 Å². The minimum atomic E-state index is -0.607. The average molecular weight is 204 g/mol. The van der Waals surface area contributed by atoms with E-state index in [9.17, 15) is 4.79 Å². The molecule has 0 fully saturated rings. The van der Waals surface area contributed by atoms with Gasteiger partial charge in [0.1, 0.15) is 0 Å². The zero-order valence-electron chi connectivity index (χ0n) is 7.68. The van der Waals surface area contributed by atoms with Crippen LogP contribution < -0.4 is 11.3 Å². The minimum Gasteiger partial charge on any atom is -0.412 e. The lowest BCUT2D eigenvalue weighted by Crippen LogP contribution is -2.30. The Balaban J connectivity index is 2.32. The molecule has 6 nitrogen and oxygen atoms in total. The summed E-state index contributed by atoms with van der Waals surface area (Å²) in [5, 5.41) is 7.28. The molecule has 2 rings (SSSR count). The molecule has 0 bridgehead atoms. The van der Waals surface area contributed by atoms with Crippen LogP contribution >= 0.6 is 0 Å². The first kappa shape index (κ1) is 9.35. The van der Waals surface area contributed by atoms with Gasteiger partial charge in [-0.25, -0.2) is 5.84 Å². The van der Waals surface area contributed by atoms with Crippen molar-refractivity contribution in [2.24, 2.45) is 5.84 Å². The molecule has 0 atom stereocenters. The van der Waals surface area contributed by atoms with Crippen LogP contribution in [0.2, 0.25) is 0 Å². The molecule has 3 N–H and O–H groups in total. The Morgan fingerprint density at radius 3 is 2.67 bits per heavy atom. The van der Waals surface area contributed by atoms with Gasteiger partial charge in [0.05, 0.1) is 0 Å².